The Labute approximate surface area is 110 Å². The minimum Gasteiger partial charge on any atom is -0.595 e. The van der Waals surface area contributed by atoms with Crippen LogP contribution in [0, 0.1) is 5.21 Å². The Morgan fingerprint density at radius 1 is 0.842 bits per heavy atom. The maximum Gasteiger partial charge on any atom is 0.169 e. The second kappa shape index (κ2) is 5.92. The Kier molecular flexibility index (Phi) is 4.26. The summed E-state index contributed by atoms with van der Waals surface area (Å²) in [5, 5.41) is 39.3. The molecule has 5 heteroatoms. The van der Waals surface area contributed by atoms with Crippen molar-refractivity contribution in [2.24, 2.45) is 0 Å². The van der Waals surface area contributed by atoms with E-state index in [2.05, 4.69) is 0 Å². The van der Waals surface area contributed by atoms with Crippen molar-refractivity contribution in [3.63, 3.8) is 0 Å². The monoisotopic (exact) mass is 261 g/mol. The van der Waals surface area contributed by atoms with Crippen molar-refractivity contribution < 1.29 is 20.6 Å². The topological polar surface area (TPSA) is 88.2 Å². The van der Waals surface area contributed by atoms with Crippen molar-refractivity contribution in [1.29, 1.82) is 0 Å². The third kappa shape index (κ3) is 2.98. The summed E-state index contributed by atoms with van der Waals surface area (Å²) in [5.41, 5.74) is 0.728. The van der Waals surface area contributed by atoms with E-state index < -0.39 is 17.4 Å². The molecule has 0 aliphatic rings. The zero-order chi connectivity index (χ0) is 13.8. The van der Waals surface area contributed by atoms with Crippen molar-refractivity contribution in [1.82, 2.24) is 0 Å². The summed E-state index contributed by atoms with van der Waals surface area (Å²) in [4.78, 5) is 0. The van der Waals surface area contributed by atoms with Crippen molar-refractivity contribution in [2.75, 3.05) is 0 Å². The first kappa shape index (κ1) is 13.7. The fourth-order valence-corrected chi connectivity index (χ4v) is 1.95. The molecule has 3 atom stereocenters. The number of hydrogen-bond acceptors (Lipinski definition) is 4. The van der Waals surface area contributed by atoms with Crippen LogP contribution < -0.4 is 5.23 Å². The van der Waals surface area contributed by atoms with Gasteiger partial charge in [0, 0.05) is 11.6 Å². The molecule has 0 saturated carbocycles. The fraction of sp³-hybridized carbons (Fsp3) is 0.143. The molecule has 0 bridgehead atoms. The lowest BCUT2D eigenvalue weighted by molar-refractivity contribution is -0.991. The van der Waals surface area contributed by atoms with Gasteiger partial charge in [-0.15, -0.1) is 0 Å². The van der Waals surface area contributed by atoms with Gasteiger partial charge in [-0.3, -0.25) is 0 Å². The average molecular weight is 261 g/mol. The highest BCUT2D eigenvalue weighted by Gasteiger charge is 2.24. The Morgan fingerprint density at radius 2 is 1.42 bits per heavy atom. The molecule has 0 aromatic heterocycles. The summed E-state index contributed by atoms with van der Waals surface area (Å²) in [6.45, 7) is 0. The molecule has 0 amide bonds. The lowest BCUT2D eigenvalue weighted by Gasteiger charge is -2.22. The van der Waals surface area contributed by atoms with Gasteiger partial charge < -0.3 is 15.4 Å². The van der Waals surface area contributed by atoms with Gasteiger partial charge in [0.2, 0.25) is 0 Å². The lowest BCUT2D eigenvalue weighted by atomic mass is 9.97. The third-order valence-corrected chi connectivity index (χ3v) is 2.95. The van der Waals surface area contributed by atoms with E-state index in [1.807, 2.05) is 0 Å². The molecule has 0 fully saturated rings. The molecule has 4 N–H and O–H groups in total. The molecule has 2 aromatic carbocycles. The molecule has 0 radical (unpaired) electrons. The number of aliphatic hydroxyl groups excluding tert-OH is 2. The lowest BCUT2D eigenvalue weighted by Crippen LogP contribution is -2.99. The van der Waals surface area contributed by atoms with Crippen LogP contribution in [0.2, 0.25) is 0 Å². The van der Waals surface area contributed by atoms with Crippen molar-refractivity contribution >= 4 is 5.69 Å². The first-order valence-electron chi connectivity index (χ1n) is 5.84. The average Bonchev–Trinajstić information content (AvgIpc) is 2.46. The Morgan fingerprint density at radius 3 is 2.05 bits per heavy atom. The van der Waals surface area contributed by atoms with Gasteiger partial charge in [-0.25, -0.2) is 5.21 Å². The quantitative estimate of drug-likeness (QED) is 0.615. The van der Waals surface area contributed by atoms with E-state index in [1.54, 1.807) is 42.5 Å². The van der Waals surface area contributed by atoms with Crippen molar-refractivity contribution in [3.8, 4) is 0 Å². The van der Waals surface area contributed by atoms with Gasteiger partial charge in [-0.2, -0.15) is 5.23 Å². The second-order valence-electron chi connectivity index (χ2n) is 4.19. The summed E-state index contributed by atoms with van der Waals surface area (Å²) in [7, 11) is 0. The zero-order valence-corrected chi connectivity index (χ0v) is 10.1. The number of para-hydroxylation sites is 1. The van der Waals surface area contributed by atoms with Crippen molar-refractivity contribution in [2.45, 2.75) is 12.2 Å². The molecule has 0 heterocycles. The van der Waals surface area contributed by atoms with E-state index in [0.717, 1.165) is 0 Å². The van der Waals surface area contributed by atoms with Gasteiger partial charge in [0.15, 0.2) is 5.69 Å². The largest absolute Gasteiger partial charge is 0.595 e. The minimum absolute atomic E-state index is 0.00928. The highest BCUT2D eigenvalue weighted by molar-refractivity contribution is 5.42. The van der Waals surface area contributed by atoms with Gasteiger partial charge >= 0.3 is 0 Å². The van der Waals surface area contributed by atoms with Crippen LogP contribution in [0.5, 0.6) is 0 Å². The van der Waals surface area contributed by atoms with E-state index in [1.165, 1.54) is 12.1 Å². The molecule has 5 nitrogen and oxygen atoms in total. The van der Waals surface area contributed by atoms with Gasteiger partial charge in [0.05, 0.1) is 0 Å². The number of hydrogen-bond donors (Lipinski definition) is 4. The summed E-state index contributed by atoms with van der Waals surface area (Å²) < 4.78 is 0. The summed E-state index contributed by atoms with van der Waals surface area (Å²) in [6.07, 6.45) is -2.45. The number of aliphatic hydroxyl groups is 2. The number of benzene rings is 2. The maximum atomic E-state index is 11.1. The SMILES string of the molecule is [O-][NH+](O)c1ccccc1C(O)C(O)c1ccccc1. The van der Waals surface area contributed by atoms with E-state index in [0.29, 0.717) is 5.56 Å². The van der Waals surface area contributed by atoms with Crippen LogP contribution in [0.3, 0.4) is 0 Å². The number of nitrogens with one attached hydrogen (secondary N) is 1. The molecule has 0 spiro atoms. The van der Waals surface area contributed by atoms with E-state index in [9.17, 15) is 15.4 Å². The zero-order valence-electron chi connectivity index (χ0n) is 10.1. The van der Waals surface area contributed by atoms with Crippen LogP contribution in [-0.4, -0.2) is 15.4 Å². The fourth-order valence-electron chi connectivity index (χ4n) is 1.95. The van der Waals surface area contributed by atoms with Gasteiger partial charge in [-0.1, -0.05) is 48.5 Å². The predicted molar refractivity (Wildman–Crippen MR) is 68.6 cm³/mol. The molecule has 19 heavy (non-hydrogen) atoms. The molecule has 2 aromatic rings. The Hall–Kier alpha value is -1.76. The first-order chi connectivity index (χ1) is 9.11. The highest BCUT2D eigenvalue weighted by Crippen LogP contribution is 2.31. The van der Waals surface area contributed by atoms with Crippen LogP contribution >= 0.6 is 0 Å². The highest BCUT2D eigenvalue weighted by atomic mass is 16.8. The van der Waals surface area contributed by atoms with Crippen LogP contribution in [0.15, 0.2) is 54.6 Å². The summed E-state index contributed by atoms with van der Waals surface area (Å²) >= 11 is 0. The van der Waals surface area contributed by atoms with Crippen LogP contribution in [0.1, 0.15) is 23.3 Å². The van der Waals surface area contributed by atoms with Crippen molar-refractivity contribution in [3.05, 3.63) is 70.9 Å². The molecular weight excluding hydrogens is 246 g/mol. The minimum atomic E-state index is -1.28. The Balaban J connectivity index is 2.32. The number of rotatable bonds is 4. The first-order valence-corrected chi connectivity index (χ1v) is 5.84. The Bertz CT molecular complexity index is 530. The molecular formula is C14H15NO4. The third-order valence-electron chi connectivity index (χ3n) is 2.95. The molecule has 0 aliphatic carbocycles. The van der Waals surface area contributed by atoms with Gasteiger partial charge in [-0.05, 0) is 5.56 Å². The number of quaternary nitrogens is 1. The molecule has 100 valence electrons. The second-order valence-corrected chi connectivity index (χ2v) is 4.19. The van der Waals surface area contributed by atoms with E-state index in [-0.39, 0.29) is 11.3 Å². The standard InChI is InChI=1S/C14H15NO4/c16-13(10-6-2-1-3-7-10)14(17)11-8-4-5-9-12(11)15(18)19/h1-9,13-18H. The van der Waals surface area contributed by atoms with Gasteiger partial charge in [0.1, 0.15) is 12.2 Å². The summed E-state index contributed by atoms with van der Waals surface area (Å²) in [5.74, 6) is 0. The van der Waals surface area contributed by atoms with E-state index >= 15 is 0 Å². The summed E-state index contributed by atoms with van der Waals surface area (Å²) in [6, 6.07) is 14.8. The smallest absolute Gasteiger partial charge is 0.169 e. The maximum absolute atomic E-state index is 11.1. The van der Waals surface area contributed by atoms with Crippen LogP contribution in [0.25, 0.3) is 0 Å². The molecule has 3 unspecified atom stereocenters. The molecule has 0 saturated heterocycles. The van der Waals surface area contributed by atoms with Crippen LogP contribution in [-0.2, 0) is 0 Å². The van der Waals surface area contributed by atoms with Gasteiger partial charge in [0.25, 0.3) is 0 Å². The normalized spacial score (nSPS) is 15.8. The van der Waals surface area contributed by atoms with E-state index in [4.69, 9.17) is 5.21 Å². The molecule has 0 aliphatic heterocycles. The predicted octanol–water partition coefficient (Wildman–Crippen LogP) is 0.857. The molecule has 2 rings (SSSR count). The van der Waals surface area contributed by atoms with Crippen LogP contribution in [0.4, 0.5) is 5.69 Å².